The van der Waals surface area contributed by atoms with Crippen LogP contribution in [0, 0.1) is 11.3 Å². The number of nitriles is 1. The fourth-order valence-corrected chi connectivity index (χ4v) is 2.33. The summed E-state index contributed by atoms with van der Waals surface area (Å²) in [6.45, 7) is 1.59. The molecule has 1 aromatic carbocycles. The maximum atomic E-state index is 12.2. The maximum Gasteiger partial charge on any atom is 0.321 e. The van der Waals surface area contributed by atoms with Crippen LogP contribution in [-0.4, -0.2) is 31.1 Å². The molecule has 106 valence electrons. The highest BCUT2D eigenvalue weighted by Crippen LogP contribution is 2.25. The minimum absolute atomic E-state index is 0.102. The van der Waals surface area contributed by atoms with Crippen molar-refractivity contribution in [1.82, 2.24) is 4.90 Å². The average molecular weight is 273 g/mol. The fraction of sp³-hybridized carbons (Fsp3) is 0.467. The van der Waals surface area contributed by atoms with Crippen LogP contribution < -0.4 is 10.1 Å². The number of benzene rings is 1. The van der Waals surface area contributed by atoms with Crippen molar-refractivity contribution in [1.29, 1.82) is 5.26 Å². The van der Waals surface area contributed by atoms with Gasteiger partial charge in [-0.1, -0.05) is 12.8 Å². The summed E-state index contributed by atoms with van der Waals surface area (Å²) in [6.07, 6.45) is 4.48. The Bertz CT molecular complexity index is 514. The van der Waals surface area contributed by atoms with E-state index in [0.29, 0.717) is 17.0 Å². The Morgan fingerprint density at radius 3 is 2.60 bits per heavy atom. The number of anilines is 1. The predicted octanol–water partition coefficient (Wildman–Crippen LogP) is 2.97. The summed E-state index contributed by atoms with van der Waals surface area (Å²) in [6, 6.07) is 6.94. The van der Waals surface area contributed by atoms with Gasteiger partial charge in [-0.15, -0.1) is 0 Å². The highest BCUT2D eigenvalue weighted by Gasteiger charge is 2.17. The van der Waals surface area contributed by atoms with Gasteiger partial charge in [0.2, 0.25) is 0 Å². The number of hydrogen-bond acceptors (Lipinski definition) is 3. The first-order valence-electron chi connectivity index (χ1n) is 6.88. The number of urea groups is 1. The Morgan fingerprint density at radius 1 is 1.30 bits per heavy atom. The number of rotatable bonds is 2. The van der Waals surface area contributed by atoms with E-state index in [1.165, 1.54) is 20.0 Å². The molecule has 0 unspecified atom stereocenters. The first kappa shape index (κ1) is 14.2. The standard InChI is InChI=1S/C15H19N3O2/c1-20-14-10-12(11-16)6-7-13(14)17-15(19)18-8-4-2-3-5-9-18/h6-7,10H,2-5,8-9H2,1H3,(H,17,19). The van der Waals surface area contributed by atoms with E-state index in [1.54, 1.807) is 18.2 Å². The largest absolute Gasteiger partial charge is 0.495 e. The molecule has 0 spiro atoms. The van der Waals surface area contributed by atoms with Crippen LogP contribution in [0.4, 0.5) is 10.5 Å². The number of amides is 2. The Kier molecular flexibility index (Phi) is 4.83. The molecule has 2 amide bonds. The van der Waals surface area contributed by atoms with Crippen molar-refractivity contribution in [2.45, 2.75) is 25.7 Å². The maximum absolute atomic E-state index is 12.2. The summed E-state index contributed by atoms with van der Waals surface area (Å²) in [7, 11) is 1.53. The van der Waals surface area contributed by atoms with Crippen molar-refractivity contribution >= 4 is 11.7 Å². The van der Waals surface area contributed by atoms with E-state index < -0.39 is 0 Å². The lowest BCUT2D eigenvalue weighted by Gasteiger charge is -2.21. The van der Waals surface area contributed by atoms with E-state index in [2.05, 4.69) is 11.4 Å². The molecule has 1 fully saturated rings. The molecule has 5 heteroatoms. The van der Waals surface area contributed by atoms with Crippen LogP contribution in [0.25, 0.3) is 0 Å². The molecule has 2 rings (SSSR count). The van der Waals surface area contributed by atoms with Gasteiger partial charge in [0.25, 0.3) is 0 Å². The van der Waals surface area contributed by atoms with Crippen LogP contribution in [0.5, 0.6) is 5.75 Å². The Balaban J connectivity index is 2.08. The molecule has 0 radical (unpaired) electrons. The van der Waals surface area contributed by atoms with E-state index in [4.69, 9.17) is 10.00 Å². The molecule has 0 atom stereocenters. The van der Waals surface area contributed by atoms with Crippen LogP contribution in [0.2, 0.25) is 0 Å². The van der Waals surface area contributed by atoms with E-state index in [1.807, 2.05) is 4.90 Å². The Labute approximate surface area is 119 Å². The van der Waals surface area contributed by atoms with Gasteiger partial charge in [0, 0.05) is 19.2 Å². The third kappa shape index (κ3) is 3.41. The zero-order chi connectivity index (χ0) is 14.4. The van der Waals surface area contributed by atoms with Gasteiger partial charge in [-0.3, -0.25) is 0 Å². The topological polar surface area (TPSA) is 65.4 Å². The van der Waals surface area contributed by atoms with Crippen molar-refractivity contribution < 1.29 is 9.53 Å². The van der Waals surface area contributed by atoms with Crippen LogP contribution >= 0.6 is 0 Å². The fourth-order valence-electron chi connectivity index (χ4n) is 2.33. The highest BCUT2D eigenvalue weighted by molar-refractivity contribution is 5.91. The zero-order valence-electron chi connectivity index (χ0n) is 11.7. The molecular formula is C15H19N3O2. The molecule has 5 nitrogen and oxygen atoms in total. The first-order chi connectivity index (χ1) is 9.74. The number of carbonyl (C=O) groups excluding carboxylic acids is 1. The third-order valence-electron chi connectivity index (χ3n) is 3.47. The van der Waals surface area contributed by atoms with Crippen molar-refractivity contribution in [3.63, 3.8) is 0 Å². The molecule has 1 N–H and O–H groups in total. The van der Waals surface area contributed by atoms with Crippen molar-refractivity contribution in [3.8, 4) is 11.8 Å². The van der Waals surface area contributed by atoms with Crippen LogP contribution in [0.15, 0.2) is 18.2 Å². The molecule has 0 aliphatic carbocycles. The molecular weight excluding hydrogens is 254 g/mol. The van der Waals surface area contributed by atoms with Gasteiger partial charge in [0.05, 0.1) is 24.4 Å². The molecule has 1 aliphatic heterocycles. The highest BCUT2D eigenvalue weighted by atomic mass is 16.5. The van der Waals surface area contributed by atoms with Crippen LogP contribution in [0.1, 0.15) is 31.2 Å². The lowest BCUT2D eigenvalue weighted by molar-refractivity contribution is 0.213. The monoisotopic (exact) mass is 273 g/mol. The van der Waals surface area contributed by atoms with Gasteiger partial charge in [-0.2, -0.15) is 5.26 Å². The predicted molar refractivity (Wildman–Crippen MR) is 76.8 cm³/mol. The molecule has 1 heterocycles. The number of methoxy groups -OCH3 is 1. The van der Waals surface area contributed by atoms with Gasteiger partial charge in [-0.25, -0.2) is 4.79 Å². The SMILES string of the molecule is COc1cc(C#N)ccc1NC(=O)N1CCCCCC1. The Hall–Kier alpha value is -2.22. The average Bonchev–Trinajstić information content (AvgIpc) is 2.76. The van der Waals surface area contributed by atoms with E-state index >= 15 is 0 Å². The molecule has 0 aromatic heterocycles. The summed E-state index contributed by atoms with van der Waals surface area (Å²) in [5.41, 5.74) is 1.11. The van der Waals surface area contributed by atoms with E-state index in [0.717, 1.165) is 25.9 Å². The Morgan fingerprint density at radius 2 is 2.00 bits per heavy atom. The van der Waals surface area contributed by atoms with E-state index in [9.17, 15) is 4.79 Å². The normalized spacial score (nSPS) is 15.1. The quantitative estimate of drug-likeness (QED) is 0.900. The number of hydrogen-bond donors (Lipinski definition) is 1. The minimum atomic E-state index is -0.102. The minimum Gasteiger partial charge on any atom is -0.495 e. The van der Waals surface area contributed by atoms with Gasteiger partial charge in [0.1, 0.15) is 5.75 Å². The summed E-state index contributed by atoms with van der Waals surface area (Å²) in [5, 5.41) is 11.7. The van der Waals surface area contributed by atoms with E-state index in [-0.39, 0.29) is 6.03 Å². The second-order valence-corrected chi connectivity index (χ2v) is 4.86. The van der Waals surface area contributed by atoms with Crippen molar-refractivity contribution in [3.05, 3.63) is 23.8 Å². The molecule has 1 saturated heterocycles. The first-order valence-corrected chi connectivity index (χ1v) is 6.88. The second-order valence-electron chi connectivity index (χ2n) is 4.86. The van der Waals surface area contributed by atoms with Crippen LogP contribution in [-0.2, 0) is 0 Å². The van der Waals surface area contributed by atoms with Gasteiger partial charge in [0.15, 0.2) is 0 Å². The lowest BCUT2D eigenvalue weighted by atomic mass is 10.2. The smallest absolute Gasteiger partial charge is 0.321 e. The van der Waals surface area contributed by atoms with Crippen molar-refractivity contribution in [2.24, 2.45) is 0 Å². The second kappa shape index (κ2) is 6.80. The summed E-state index contributed by atoms with van der Waals surface area (Å²) < 4.78 is 5.22. The zero-order valence-corrected chi connectivity index (χ0v) is 11.7. The third-order valence-corrected chi connectivity index (χ3v) is 3.47. The summed E-state index contributed by atoms with van der Waals surface area (Å²) in [5.74, 6) is 0.507. The lowest BCUT2D eigenvalue weighted by Crippen LogP contribution is -2.35. The number of likely N-dealkylation sites (tertiary alicyclic amines) is 1. The number of nitrogens with one attached hydrogen (secondary N) is 1. The van der Waals surface area contributed by atoms with Crippen LogP contribution in [0.3, 0.4) is 0 Å². The number of carbonyl (C=O) groups is 1. The number of nitrogens with zero attached hydrogens (tertiary/aromatic N) is 2. The molecule has 0 saturated carbocycles. The van der Waals surface area contributed by atoms with Gasteiger partial charge >= 0.3 is 6.03 Å². The van der Waals surface area contributed by atoms with Gasteiger partial charge < -0.3 is 15.0 Å². The van der Waals surface area contributed by atoms with Crippen molar-refractivity contribution in [2.75, 3.05) is 25.5 Å². The molecule has 1 aromatic rings. The summed E-state index contributed by atoms with van der Waals surface area (Å²) >= 11 is 0. The van der Waals surface area contributed by atoms with Gasteiger partial charge in [-0.05, 0) is 25.0 Å². The molecule has 1 aliphatic rings. The molecule has 0 bridgehead atoms. The number of ether oxygens (including phenoxy) is 1. The molecule has 20 heavy (non-hydrogen) atoms. The summed E-state index contributed by atoms with van der Waals surface area (Å²) in [4.78, 5) is 14.1.